The number of halogens is 1. The molecule has 0 saturated heterocycles. The number of amides is 1. The Bertz CT molecular complexity index is 694. The number of methoxy groups -OCH3 is 2. The van der Waals surface area contributed by atoms with Gasteiger partial charge in [-0.25, -0.2) is 0 Å². The number of ether oxygens (including phenoxy) is 2. The first-order chi connectivity index (χ1) is 10.2. The molecule has 2 rings (SSSR count). The van der Waals surface area contributed by atoms with E-state index in [4.69, 9.17) is 21.1 Å². The second kappa shape index (κ2) is 7.40. The number of rotatable bonds is 5. The number of carbonyl (C=O) groups excluding carboxylic acids is 1. The number of nitrogens with zero attached hydrogens (tertiary/aromatic N) is 2. The van der Waals surface area contributed by atoms with Crippen molar-refractivity contribution in [1.82, 2.24) is 4.57 Å². The first kappa shape index (κ1) is 15.8. The summed E-state index contributed by atoms with van der Waals surface area (Å²) in [6.07, 6.45) is 1.87. The molecule has 0 fully saturated rings. The van der Waals surface area contributed by atoms with E-state index >= 15 is 0 Å². The van der Waals surface area contributed by atoms with E-state index in [1.54, 1.807) is 25.3 Å². The van der Waals surface area contributed by atoms with Crippen LogP contribution in [0.1, 0.15) is 10.4 Å². The number of aromatic nitrogens is 1. The van der Waals surface area contributed by atoms with E-state index in [1.165, 1.54) is 18.4 Å². The van der Waals surface area contributed by atoms with Crippen LogP contribution in [0, 0.1) is 0 Å². The van der Waals surface area contributed by atoms with Crippen LogP contribution >= 0.6 is 22.9 Å². The number of carbonyl (C=O) groups is 1. The molecule has 0 unspecified atom stereocenters. The minimum Gasteiger partial charge on any atom is -0.496 e. The predicted octanol–water partition coefficient (Wildman–Crippen LogP) is 2.60. The molecule has 1 amide bonds. The monoisotopic (exact) mass is 326 g/mol. The molecule has 0 aliphatic carbocycles. The molecule has 0 saturated carbocycles. The summed E-state index contributed by atoms with van der Waals surface area (Å²) in [5, 5.41) is 2.34. The average molecular weight is 327 g/mol. The highest BCUT2D eigenvalue weighted by molar-refractivity contribution is 7.07. The Hall–Kier alpha value is -1.63. The van der Waals surface area contributed by atoms with Crippen LogP contribution in [0.5, 0.6) is 5.75 Å². The van der Waals surface area contributed by atoms with Crippen molar-refractivity contribution in [3.63, 3.8) is 0 Å². The van der Waals surface area contributed by atoms with Crippen LogP contribution < -0.4 is 9.54 Å². The standard InChI is InChI=1S/C14H15ClN2O3S/c1-19-7-5-17-6-8-21-14(17)16-13(18)11-9-10(15)3-4-12(11)20-2/h3-4,6,8-9H,5,7H2,1-2H3/b16-14-. The van der Waals surface area contributed by atoms with Crippen LogP contribution in [0.4, 0.5) is 0 Å². The fraction of sp³-hybridized carbons (Fsp3) is 0.286. The minimum absolute atomic E-state index is 0.344. The second-order valence-corrected chi connectivity index (χ2v) is 5.44. The van der Waals surface area contributed by atoms with Crippen LogP contribution in [0.2, 0.25) is 5.02 Å². The van der Waals surface area contributed by atoms with Gasteiger partial charge in [0.25, 0.3) is 5.91 Å². The van der Waals surface area contributed by atoms with Crippen molar-refractivity contribution in [2.24, 2.45) is 4.99 Å². The first-order valence-electron chi connectivity index (χ1n) is 6.21. The van der Waals surface area contributed by atoms with Crippen LogP contribution in [0.25, 0.3) is 0 Å². The van der Waals surface area contributed by atoms with Gasteiger partial charge in [-0.3, -0.25) is 4.79 Å². The van der Waals surface area contributed by atoms with E-state index in [-0.39, 0.29) is 5.91 Å². The fourth-order valence-corrected chi connectivity index (χ4v) is 2.67. The normalized spacial score (nSPS) is 11.7. The quantitative estimate of drug-likeness (QED) is 0.848. The lowest BCUT2D eigenvalue weighted by molar-refractivity contribution is 0.0994. The second-order valence-electron chi connectivity index (χ2n) is 4.13. The van der Waals surface area contributed by atoms with Crippen LogP contribution in [-0.4, -0.2) is 31.3 Å². The molecule has 0 spiro atoms. The first-order valence-corrected chi connectivity index (χ1v) is 7.47. The SMILES string of the molecule is COCCn1ccs/c1=N\C(=O)c1cc(Cl)ccc1OC. The van der Waals surface area contributed by atoms with Gasteiger partial charge in [-0.1, -0.05) is 11.6 Å². The fourth-order valence-electron chi connectivity index (χ4n) is 1.74. The molecule has 21 heavy (non-hydrogen) atoms. The van der Waals surface area contributed by atoms with Gasteiger partial charge in [0.2, 0.25) is 0 Å². The molecular weight excluding hydrogens is 312 g/mol. The van der Waals surface area contributed by atoms with Gasteiger partial charge >= 0.3 is 0 Å². The van der Waals surface area contributed by atoms with Crippen molar-refractivity contribution < 1.29 is 14.3 Å². The zero-order chi connectivity index (χ0) is 15.2. The third kappa shape index (κ3) is 3.93. The smallest absolute Gasteiger partial charge is 0.283 e. The van der Waals surface area contributed by atoms with Crippen molar-refractivity contribution in [2.75, 3.05) is 20.8 Å². The molecule has 0 N–H and O–H groups in total. The van der Waals surface area contributed by atoms with Gasteiger partial charge in [0.1, 0.15) is 5.75 Å². The molecule has 1 aromatic carbocycles. The molecule has 7 heteroatoms. The van der Waals surface area contributed by atoms with E-state index in [1.807, 2.05) is 16.1 Å². The van der Waals surface area contributed by atoms with Gasteiger partial charge in [-0.05, 0) is 18.2 Å². The zero-order valence-corrected chi connectivity index (χ0v) is 13.3. The molecule has 0 aliphatic rings. The Labute approximate surface area is 131 Å². The average Bonchev–Trinajstić information content (AvgIpc) is 2.92. The molecule has 0 radical (unpaired) electrons. The Balaban J connectivity index is 2.35. The summed E-state index contributed by atoms with van der Waals surface area (Å²) in [6.45, 7) is 1.19. The number of benzene rings is 1. The van der Waals surface area contributed by atoms with Crippen LogP contribution in [-0.2, 0) is 11.3 Å². The largest absolute Gasteiger partial charge is 0.496 e. The van der Waals surface area contributed by atoms with Crippen LogP contribution in [0.3, 0.4) is 0 Å². The third-order valence-electron chi connectivity index (χ3n) is 2.79. The molecule has 5 nitrogen and oxygen atoms in total. The highest BCUT2D eigenvalue weighted by Gasteiger charge is 2.12. The lowest BCUT2D eigenvalue weighted by Gasteiger charge is -2.05. The van der Waals surface area contributed by atoms with Gasteiger partial charge in [0.15, 0.2) is 4.80 Å². The van der Waals surface area contributed by atoms with Crippen molar-refractivity contribution in [3.8, 4) is 5.75 Å². The van der Waals surface area contributed by atoms with E-state index in [9.17, 15) is 4.79 Å². The summed E-state index contributed by atoms with van der Waals surface area (Å²) in [5.41, 5.74) is 0.344. The summed E-state index contributed by atoms with van der Waals surface area (Å²) in [4.78, 5) is 17.1. The topological polar surface area (TPSA) is 52.8 Å². The van der Waals surface area contributed by atoms with E-state index < -0.39 is 0 Å². The van der Waals surface area contributed by atoms with Gasteiger partial charge in [-0.15, -0.1) is 11.3 Å². The van der Waals surface area contributed by atoms with Gasteiger partial charge in [0.05, 0.1) is 19.3 Å². The van der Waals surface area contributed by atoms with Crippen molar-refractivity contribution >= 4 is 28.8 Å². The zero-order valence-electron chi connectivity index (χ0n) is 11.7. The van der Waals surface area contributed by atoms with E-state index in [2.05, 4.69) is 4.99 Å². The van der Waals surface area contributed by atoms with Gasteiger partial charge < -0.3 is 14.0 Å². The molecule has 2 aromatic rings. The Morgan fingerprint density at radius 3 is 2.95 bits per heavy atom. The minimum atomic E-state index is -0.386. The number of thiazole rings is 1. The van der Waals surface area contributed by atoms with Crippen LogP contribution in [0.15, 0.2) is 34.8 Å². The maximum Gasteiger partial charge on any atom is 0.283 e. The highest BCUT2D eigenvalue weighted by atomic mass is 35.5. The highest BCUT2D eigenvalue weighted by Crippen LogP contribution is 2.23. The van der Waals surface area contributed by atoms with Gasteiger partial charge in [-0.2, -0.15) is 4.99 Å². The summed E-state index contributed by atoms with van der Waals surface area (Å²) < 4.78 is 12.1. The third-order valence-corrected chi connectivity index (χ3v) is 3.81. The Kier molecular flexibility index (Phi) is 5.55. The summed E-state index contributed by atoms with van der Waals surface area (Å²) in [6, 6.07) is 4.87. The molecule has 0 aliphatic heterocycles. The Morgan fingerprint density at radius 2 is 2.24 bits per heavy atom. The molecule has 0 atom stereocenters. The number of hydrogen-bond donors (Lipinski definition) is 0. The van der Waals surface area contributed by atoms with E-state index in [0.29, 0.717) is 34.3 Å². The van der Waals surface area contributed by atoms with E-state index in [0.717, 1.165) is 0 Å². The molecular formula is C14H15ClN2O3S. The summed E-state index contributed by atoms with van der Waals surface area (Å²) in [5.74, 6) is 0.0658. The molecule has 1 heterocycles. The summed E-state index contributed by atoms with van der Waals surface area (Å²) in [7, 11) is 3.13. The molecule has 0 bridgehead atoms. The van der Waals surface area contributed by atoms with Crippen molar-refractivity contribution in [1.29, 1.82) is 0 Å². The number of hydrogen-bond acceptors (Lipinski definition) is 4. The molecule has 112 valence electrons. The maximum atomic E-state index is 12.3. The Morgan fingerprint density at radius 1 is 1.43 bits per heavy atom. The summed E-state index contributed by atoms with van der Waals surface area (Å²) >= 11 is 7.32. The predicted molar refractivity (Wildman–Crippen MR) is 82.1 cm³/mol. The lowest BCUT2D eigenvalue weighted by Crippen LogP contribution is -2.18. The van der Waals surface area contributed by atoms with Crippen molar-refractivity contribution in [2.45, 2.75) is 6.54 Å². The lowest BCUT2D eigenvalue weighted by atomic mass is 10.2. The van der Waals surface area contributed by atoms with Gasteiger partial charge in [0, 0.05) is 30.3 Å². The van der Waals surface area contributed by atoms with Crippen molar-refractivity contribution in [3.05, 3.63) is 45.2 Å². The maximum absolute atomic E-state index is 12.3. The molecule has 1 aromatic heterocycles.